The monoisotopic (exact) mass is 275 g/mol. The lowest BCUT2D eigenvalue weighted by Gasteiger charge is -2.10. The molecule has 0 aliphatic rings. The number of benzene rings is 2. The first-order valence-corrected chi connectivity index (χ1v) is 6.79. The Balaban J connectivity index is 1.79. The molecule has 0 unspecified atom stereocenters. The van der Waals surface area contributed by atoms with Crippen LogP contribution in [0, 0.1) is 0 Å². The zero-order chi connectivity index (χ0) is 14.1. The number of aromatic nitrogens is 3. The average molecular weight is 275 g/mol. The van der Waals surface area contributed by atoms with E-state index in [4.69, 9.17) is 4.74 Å². The van der Waals surface area contributed by atoms with Crippen molar-refractivity contribution in [3.05, 3.63) is 72.7 Å². The second kappa shape index (κ2) is 4.90. The summed E-state index contributed by atoms with van der Waals surface area (Å²) in [7, 11) is 0. The maximum absolute atomic E-state index is 5.99. The van der Waals surface area contributed by atoms with Crippen molar-refractivity contribution in [2.24, 2.45) is 0 Å². The maximum Gasteiger partial charge on any atom is 0.163 e. The van der Waals surface area contributed by atoms with E-state index in [1.54, 1.807) is 10.8 Å². The zero-order valence-corrected chi connectivity index (χ0v) is 11.3. The normalized spacial score (nSPS) is 11.0. The van der Waals surface area contributed by atoms with Crippen molar-refractivity contribution in [2.45, 2.75) is 6.61 Å². The molecule has 0 atom stereocenters. The highest BCUT2D eigenvalue weighted by molar-refractivity contribution is 5.97. The van der Waals surface area contributed by atoms with Crippen molar-refractivity contribution < 1.29 is 4.74 Å². The first-order chi connectivity index (χ1) is 10.4. The molecule has 102 valence electrons. The second-order valence-electron chi connectivity index (χ2n) is 4.84. The minimum Gasteiger partial charge on any atom is -0.487 e. The summed E-state index contributed by atoms with van der Waals surface area (Å²) in [6.07, 6.45) is 3.44. The summed E-state index contributed by atoms with van der Waals surface area (Å²) in [5, 5.41) is 6.30. The van der Waals surface area contributed by atoms with Crippen LogP contribution in [0.15, 0.2) is 67.1 Å². The molecule has 0 bridgehead atoms. The molecule has 0 aliphatic heterocycles. The van der Waals surface area contributed by atoms with Crippen molar-refractivity contribution >= 4 is 16.4 Å². The van der Waals surface area contributed by atoms with E-state index in [0.717, 1.165) is 27.7 Å². The molecule has 2 aromatic heterocycles. The third kappa shape index (κ3) is 2.10. The fraction of sp³-hybridized carbons (Fsp3) is 0.0588. The SMILES string of the molecule is c1ccc(COc2cn3ncnc3c3ccccc23)cc1. The Bertz CT molecular complexity index is 900. The van der Waals surface area contributed by atoms with Crippen LogP contribution in [0.2, 0.25) is 0 Å². The van der Waals surface area contributed by atoms with Gasteiger partial charge < -0.3 is 4.74 Å². The van der Waals surface area contributed by atoms with Crippen LogP contribution in [0.25, 0.3) is 16.4 Å². The van der Waals surface area contributed by atoms with E-state index in [-0.39, 0.29) is 0 Å². The lowest BCUT2D eigenvalue weighted by Crippen LogP contribution is -1.98. The molecule has 4 nitrogen and oxygen atoms in total. The molecule has 0 N–H and O–H groups in total. The third-order valence-electron chi connectivity index (χ3n) is 3.48. The van der Waals surface area contributed by atoms with E-state index < -0.39 is 0 Å². The Morgan fingerprint density at radius 1 is 0.905 bits per heavy atom. The summed E-state index contributed by atoms with van der Waals surface area (Å²) in [6, 6.07) is 18.2. The van der Waals surface area contributed by atoms with Gasteiger partial charge >= 0.3 is 0 Å². The Labute approximate surface area is 121 Å². The molecule has 2 aromatic carbocycles. The van der Waals surface area contributed by atoms with Gasteiger partial charge in [0.15, 0.2) is 5.65 Å². The fourth-order valence-electron chi connectivity index (χ4n) is 2.46. The molecule has 21 heavy (non-hydrogen) atoms. The number of hydrogen-bond donors (Lipinski definition) is 0. The molecule has 0 saturated heterocycles. The van der Waals surface area contributed by atoms with Crippen molar-refractivity contribution in [1.82, 2.24) is 14.6 Å². The third-order valence-corrected chi connectivity index (χ3v) is 3.48. The summed E-state index contributed by atoms with van der Waals surface area (Å²) < 4.78 is 7.75. The molecule has 0 amide bonds. The molecule has 0 saturated carbocycles. The molecular formula is C17H13N3O. The Kier molecular flexibility index (Phi) is 2.78. The van der Waals surface area contributed by atoms with Crippen LogP contribution in [0.1, 0.15) is 5.56 Å². The Hall–Kier alpha value is -2.88. The summed E-state index contributed by atoms with van der Waals surface area (Å²) in [5.74, 6) is 0.812. The largest absolute Gasteiger partial charge is 0.487 e. The molecule has 2 heterocycles. The van der Waals surface area contributed by atoms with Gasteiger partial charge in [-0.1, -0.05) is 54.6 Å². The number of pyridine rings is 1. The molecule has 4 aromatic rings. The van der Waals surface area contributed by atoms with Gasteiger partial charge in [0.1, 0.15) is 18.7 Å². The molecule has 4 heteroatoms. The van der Waals surface area contributed by atoms with Crippen molar-refractivity contribution in [3.63, 3.8) is 0 Å². The van der Waals surface area contributed by atoms with Crippen LogP contribution in [-0.2, 0) is 6.61 Å². The number of nitrogens with zero attached hydrogens (tertiary/aromatic N) is 3. The van der Waals surface area contributed by atoms with Crippen molar-refractivity contribution in [1.29, 1.82) is 0 Å². The molecule has 0 radical (unpaired) electrons. The molecule has 4 rings (SSSR count). The Morgan fingerprint density at radius 3 is 2.52 bits per heavy atom. The van der Waals surface area contributed by atoms with Gasteiger partial charge in [-0.2, -0.15) is 5.10 Å². The van der Waals surface area contributed by atoms with Gasteiger partial charge in [0, 0.05) is 10.8 Å². The van der Waals surface area contributed by atoms with Gasteiger partial charge in [0.25, 0.3) is 0 Å². The predicted octanol–water partition coefficient (Wildman–Crippen LogP) is 3.46. The number of fused-ring (bicyclic) bond motifs is 3. The van der Waals surface area contributed by atoms with Crippen LogP contribution >= 0.6 is 0 Å². The number of ether oxygens (including phenoxy) is 1. The average Bonchev–Trinajstić information content (AvgIpc) is 3.02. The summed E-state index contributed by atoms with van der Waals surface area (Å²) in [6.45, 7) is 0.533. The topological polar surface area (TPSA) is 39.4 Å². The predicted molar refractivity (Wildman–Crippen MR) is 81.3 cm³/mol. The first kappa shape index (κ1) is 11.9. The molecule has 0 aliphatic carbocycles. The van der Waals surface area contributed by atoms with Crippen molar-refractivity contribution in [3.8, 4) is 5.75 Å². The Morgan fingerprint density at radius 2 is 1.67 bits per heavy atom. The number of rotatable bonds is 3. The van der Waals surface area contributed by atoms with Gasteiger partial charge in [0.05, 0.1) is 6.20 Å². The van der Waals surface area contributed by atoms with Crippen LogP contribution in [-0.4, -0.2) is 14.6 Å². The first-order valence-electron chi connectivity index (χ1n) is 6.79. The van der Waals surface area contributed by atoms with E-state index in [0.29, 0.717) is 6.61 Å². The maximum atomic E-state index is 5.99. The van der Waals surface area contributed by atoms with Gasteiger partial charge in [-0.15, -0.1) is 0 Å². The van der Waals surface area contributed by atoms with Gasteiger partial charge in [0.2, 0.25) is 0 Å². The van der Waals surface area contributed by atoms with Crippen LogP contribution in [0.3, 0.4) is 0 Å². The molecular weight excluding hydrogens is 262 g/mol. The van der Waals surface area contributed by atoms with Crippen LogP contribution < -0.4 is 4.74 Å². The van der Waals surface area contributed by atoms with Gasteiger partial charge in [-0.25, -0.2) is 9.50 Å². The highest BCUT2D eigenvalue weighted by Crippen LogP contribution is 2.28. The van der Waals surface area contributed by atoms with Gasteiger partial charge in [-0.3, -0.25) is 0 Å². The van der Waals surface area contributed by atoms with Crippen LogP contribution in [0.4, 0.5) is 0 Å². The highest BCUT2D eigenvalue weighted by Gasteiger charge is 2.09. The lowest BCUT2D eigenvalue weighted by molar-refractivity contribution is 0.308. The van der Waals surface area contributed by atoms with E-state index in [1.807, 2.05) is 48.7 Å². The van der Waals surface area contributed by atoms with E-state index in [9.17, 15) is 0 Å². The smallest absolute Gasteiger partial charge is 0.163 e. The van der Waals surface area contributed by atoms with Crippen molar-refractivity contribution in [2.75, 3.05) is 0 Å². The standard InChI is InChI=1S/C17H13N3O/c1-2-6-13(7-3-1)11-21-16-10-20-17(18-12-19-20)15-9-5-4-8-14(15)16/h1-10,12H,11H2. The quantitative estimate of drug-likeness (QED) is 0.575. The summed E-state index contributed by atoms with van der Waals surface area (Å²) in [5.41, 5.74) is 1.98. The van der Waals surface area contributed by atoms with Gasteiger partial charge in [-0.05, 0) is 5.56 Å². The zero-order valence-electron chi connectivity index (χ0n) is 11.3. The lowest BCUT2D eigenvalue weighted by atomic mass is 10.1. The highest BCUT2D eigenvalue weighted by atomic mass is 16.5. The van der Waals surface area contributed by atoms with E-state index >= 15 is 0 Å². The number of hydrogen-bond acceptors (Lipinski definition) is 3. The minimum absolute atomic E-state index is 0.533. The van der Waals surface area contributed by atoms with E-state index in [1.165, 1.54) is 0 Å². The van der Waals surface area contributed by atoms with Crippen LogP contribution in [0.5, 0.6) is 5.75 Å². The molecule has 0 spiro atoms. The fourth-order valence-corrected chi connectivity index (χ4v) is 2.46. The van der Waals surface area contributed by atoms with E-state index in [2.05, 4.69) is 22.2 Å². The second-order valence-corrected chi connectivity index (χ2v) is 4.84. The molecule has 0 fully saturated rings. The minimum atomic E-state index is 0.533. The summed E-state index contributed by atoms with van der Waals surface area (Å²) in [4.78, 5) is 4.30. The summed E-state index contributed by atoms with van der Waals surface area (Å²) >= 11 is 0.